The zero-order chi connectivity index (χ0) is 20.9. The molecule has 30 heavy (non-hydrogen) atoms. The van der Waals surface area contributed by atoms with Crippen molar-refractivity contribution in [2.45, 2.75) is 17.6 Å². The van der Waals surface area contributed by atoms with Crippen LogP contribution >= 0.6 is 23.1 Å². The number of aromatic nitrogens is 5. The van der Waals surface area contributed by atoms with Crippen molar-refractivity contribution in [1.82, 2.24) is 30.7 Å². The van der Waals surface area contributed by atoms with Crippen molar-refractivity contribution >= 4 is 41.0 Å². The van der Waals surface area contributed by atoms with E-state index in [0.29, 0.717) is 11.4 Å². The monoisotopic (exact) mass is 440 g/mol. The van der Waals surface area contributed by atoms with E-state index in [4.69, 9.17) is 5.73 Å². The Morgan fingerprint density at radius 3 is 2.87 bits per heavy atom. The Kier molecular flexibility index (Phi) is 5.86. The van der Waals surface area contributed by atoms with Crippen LogP contribution in [0.2, 0.25) is 0 Å². The van der Waals surface area contributed by atoms with E-state index in [1.54, 1.807) is 6.21 Å². The first-order valence-electron chi connectivity index (χ1n) is 8.72. The maximum atomic E-state index is 12.7. The quantitative estimate of drug-likeness (QED) is 0.254. The number of nitrogens with zero attached hydrogens (tertiary/aromatic N) is 6. The molecule has 0 radical (unpaired) electrons. The molecule has 152 valence electrons. The number of amides is 1. The fraction of sp³-hybridized carbons (Fsp3) is 0.111. The van der Waals surface area contributed by atoms with Crippen LogP contribution in [0, 0.1) is 6.92 Å². The predicted molar refractivity (Wildman–Crippen MR) is 114 cm³/mol. The van der Waals surface area contributed by atoms with Crippen molar-refractivity contribution in [2.75, 3.05) is 5.73 Å². The van der Waals surface area contributed by atoms with E-state index in [1.807, 2.05) is 48.7 Å². The van der Waals surface area contributed by atoms with Crippen molar-refractivity contribution < 1.29 is 9.42 Å². The summed E-state index contributed by atoms with van der Waals surface area (Å²) in [5.74, 6) is 0.108. The zero-order valence-electron chi connectivity index (χ0n) is 15.7. The number of aryl methyl sites for hydroxylation is 1. The number of carbonyl (C=O) groups excluding carboxylic acids is 1. The van der Waals surface area contributed by atoms with E-state index in [0.717, 1.165) is 15.3 Å². The van der Waals surface area contributed by atoms with Crippen LogP contribution < -0.4 is 11.2 Å². The molecule has 3 aromatic heterocycles. The van der Waals surface area contributed by atoms with Crippen LogP contribution in [0.1, 0.15) is 26.6 Å². The van der Waals surface area contributed by atoms with Crippen LogP contribution in [0.15, 0.2) is 56.4 Å². The first kappa shape index (κ1) is 19.8. The number of hydrazone groups is 1. The molecule has 0 aliphatic carbocycles. The maximum absolute atomic E-state index is 12.7. The number of nitrogens with one attached hydrogen (secondary N) is 1. The smallest absolute Gasteiger partial charge is 0.293 e. The first-order chi connectivity index (χ1) is 14.6. The minimum atomic E-state index is -0.495. The summed E-state index contributed by atoms with van der Waals surface area (Å²) in [6.07, 6.45) is 1.60. The molecule has 3 heterocycles. The molecule has 10 nitrogen and oxygen atoms in total. The van der Waals surface area contributed by atoms with E-state index >= 15 is 0 Å². The average Bonchev–Trinajstić information content (AvgIpc) is 3.47. The molecule has 0 unspecified atom stereocenters. The Hall–Kier alpha value is -3.51. The standard InChI is InChI=1S/C18H16N8O2S2/c1-11-7-8-29-14(11)9-20-22-18(27)15-13(10-30-12-5-3-2-4-6-12)26(25-21-15)17-16(19)23-28-24-17/h2-9H,10H2,1H3,(H2,19,23)(H,22,27). The number of nitrogen functional groups attached to an aromatic ring is 1. The molecule has 0 saturated carbocycles. The molecule has 0 aliphatic heterocycles. The van der Waals surface area contributed by atoms with Gasteiger partial charge in [0.2, 0.25) is 11.6 Å². The second-order valence-electron chi connectivity index (χ2n) is 6.04. The lowest BCUT2D eigenvalue weighted by Gasteiger charge is -2.05. The Morgan fingerprint density at radius 1 is 1.33 bits per heavy atom. The molecule has 1 aromatic carbocycles. The summed E-state index contributed by atoms with van der Waals surface area (Å²) < 4.78 is 6.01. The molecule has 1 amide bonds. The van der Waals surface area contributed by atoms with Gasteiger partial charge in [-0.2, -0.15) is 9.78 Å². The van der Waals surface area contributed by atoms with Crippen molar-refractivity contribution in [3.8, 4) is 5.82 Å². The van der Waals surface area contributed by atoms with Gasteiger partial charge in [-0.25, -0.2) is 10.1 Å². The summed E-state index contributed by atoms with van der Waals surface area (Å²) in [6.45, 7) is 1.97. The zero-order valence-corrected chi connectivity index (χ0v) is 17.4. The van der Waals surface area contributed by atoms with Crippen molar-refractivity contribution in [3.05, 3.63) is 63.6 Å². The number of nitrogens with two attached hydrogens (primary N) is 1. The van der Waals surface area contributed by atoms with Gasteiger partial charge in [0.15, 0.2) is 5.69 Å². The third-order valence-corrected chi connectivity index (χ3v) is 6.02. The van der Waals surface area contributed by atoms with Gasteiger partial charge in [0, 0.05) is 15.5 Å². The molecule has 0 bridgehead atoms. The molecule has 0 fully saturated rings. The molecule has 4 aromatic rings. The normalized spacial score (nSPS) is 11.2. The van der Waals surface area contributed by atoms with Gasteiger partial charge < -0.3 is 5.73 Å². The third kappa shape index (κ3) is 4.23. The molecule has 0 saturated heterocycles. The van der Waals surface area contributed by atoms with E-state index in [2.05, 4.69) is 35.8 Å². The van der Waals surface area contributed by atoms with Crippen molar-refractivity contribution in [2.24, 2.45) is 5.10 Å². The number of anilines is 1. The third-order valence-electron chi connectivity index (χ3n) is 4.04. The Morgan fingerprint density at radius 2 is 2.17 bits per heavy atom. The Balaban J connectivity index is 1.59. The van der Waals surface area contributed by atoms with E-state index in [9.17, 15) is 4.79 Å². The number of hydrogen-bond donors (Lipinski definition) is 2. The predicted octanol–water partition coefficient (Wildman–Crippen LogP) is 2.66. The molecule has 0 atom stereocenters. The number of thiophene rings is 1. The lowest BCUT2D eigenvalue weighted by Crippen LogP contribution is -2.20. The number of benzene rings is 1. The highest BCUT2D eigenvalue weighted by Gasteiger charge is 2.24. The van der Waals surface area contributed by atoms with E-state index in [1.165, 1.54) is 27.8 Å². The number of rotatable bonds is 7. The molecular weight excluding hydrogens is 424 g/mol. The lowest BCUT2D eigenvalue weighted by molar-refractivity contribution is 0.0949. The lowest BCUT2D eigenvalue weighted by atomic mass is 10.3. The summed E-state index contributed by atoms with van der Waals surface area (Å²) >= 11 is 3.05. The van der Waals surface area contributed by atoms with Gasteiger partial charge in [-0.3, -0.25) is 4.79 Å². The van der Waals surface area contributed by atoms with E-state index < -0.39 is 5.91 Å². The number of thioether (sulfide) groups is 1. The van der Waals surface area contributed by atoms with E-state index in [-0.39, 0.29) is 17.3 Å². The summed E-state index contributed by atoms with van der Waals surface area (Å²) in [5.41, 5.74) is 9.98. The second-order valence-corrected chi connectivity index (χ2v) is 8.03. The van der Waals surface area contributed by atoms with Crippen LogP contribution in [0.4, 0.5) is 5.82 Å². The highest BCUT2D eigenvalue weighted by molar-refractivity contribution is 7.98. The minimum absolute atomic E-state index is 0.0454. The number of carbonyl (C=O) groups is 1. The molecule has 3 N–H and O–H groups in total. The molecular formula is C18H16N8O2S2. The summed E-state index contributed by atoms with van der Waals surface area (Å²) in [4.78, 5) is 14.7. The highest BCUT2D eigenvalue weighted by atomic mass is 32.2. The van der Waals surface area contributed by atoms with Gasteiger partial charge in [0.1, 0.15) is 0 Å². The summed E-state index contributed by atoms with van der Waals surface area (Å²) in [6, 6.07) is 11.7. The van der Waals surface area contributed by atoms with Gasteiger partial charge in [0.05, 0.1) is 11.9 Å². The highest BCUT2D eigenvalue weighted by Crippen LogP contribution is 2.25. The van der Waals surface area contributed by atoms with Gasteiger partial charge in [0.25, 0.3) is 5.91 Å². The van der Waals surface area contributed by atoms with Crippen LogP contribution in [0.5, 0.6) is 0 Å². The van der Waals surface area contributed by atoms with Crippen LogP contribution in [-0.4, -0.2) is 37.4 Å². The van der Waals surface area contributed by atoms with Crippen molar-refractivity contribution in [1.29, 1.82) is 0 Å². The minimum Gasteiger partial charge on any atom is -0.378 e. The molecule has 12 heteroatoms. The second kappa shape index (κ2) is 8.88. The average molecular weight is 441 g/mol. The van der Waals surface area contributed by atoms with Crippen LogP contribution in [-0.2, 0) is 5.75 Å². The maximum Gasteiger partial charge on any atom is 0.293 e. The topological polar surface area (TPSA) is 137 Å². The Bertz CT molecular complexity index is 1180. The van der Waals surface area contributed by atoms with Crippen LogP contribution in [0.25, 0.3) is 5.82 Å². The molecule has 0 aliphatic rings. The van der Waals surface area contributed by atoms with Gasteiger partial charge in [-0.15, -0.1) is 28.2 Å². The van der Waals surface area contributed by atoms with Crippen LogP contribution in [0.3, 0.4) is 0 Å². The largest absolute Gasteiger partial charge is 0.378 e. The Labute approximate surface area is 179 Å². The van der Waals surface area contributed by atoms with Gasteiger partial charge in [-0.1, -0.05) is 23.4 Å². The molecule has 4 rings (SSSR count). The fourth-order valence-corrected chi connectivity index (χ4v) is 4.20. The van der Waals surface area contributed by atoms with Gasteiger partial charge in [-0.05, 0) is 46.4 Å². The first-order valence-corrected chi connectivity index (χ1v) is 10.6. The van der Waals surface area contributed by atoms with Crippen molar-refractivity contribution in [3.63, 3.8) is 0 Å². The molecule has 0 spiro atoms. The summed E-state index contributed by atoms with van der Waals surface area (Å²) in [7, 11) is 0. The summed E-state index contributed by atoms with van der Waals surface area (Å²) in [5, 5.41) is 21.3. The SMILES string of the molecule is Cc1ccsc1C=NNC(=O)c1nnn(-c2nonc2N)c1CSc1ccccc1. The van der Waals surface area contributed by atoms with Gasteiger partial charge >= 0.3 is 0 Å². The number of hydrogen-bond acceptors (Lipinski definition) is 10. The fourth-order valence-electron chi connectivity index (χ4n) is 2.50.